The fraction of sp³-hybridized carbons (Fsp3) is 0.581. The molecule has 0 bridgehead atoms. The maximum atomic E-state index is 13.4. The fourth-order valence-corrected chi connectivity index (χ4v) is 8.13. The molecule has 0 aliphatic heterocycles. The molecule has 9 heteroatoms. The number of pyridine rings is 1. The van der Waals surface area contributed by atoms with E-state index in [1.807, 2.05) is 13.0 Å². The zero-order valence-electron chi connectivity index (χ0n) is 23.1. The van der Waals surface area contributed by atoms with Crippen LogP contribution in [0, 0.1) is 28.6 Å². The molecule has 9 nitrogen and oxygen atoms in total. The van der Waals surface area contributed by atoms with Crippen LogP contribution in [0.25, 0.3) is 0 Å². The standard InChI is InChI=1S/C31H38N2O7/c1-29-11-7-21(34)15-20(29)3-4-22-23-8-12-31(39,30(23,2)16-24(35)28(22)29)25(36)18-40-27(38)6-5-26(37)33-17-19-9-13-32-14-10-19/h7,9-11,13-15,22-24,28,35,39H,3-6,8,12,16-18H2,1-2H3,(H,33,37)/t22-,23+,24+,28+,29+,30+,31-/m1/s1. The minimum absolute atomic E-state index is 0.0130. The number of fused-ring (bicyclic) bond motifs is 5. The SMILES string of the molecule is C[C@]12C=CC(=O)C=C1CC[C@H]1[C@H]2[C@@H](O)C[C@@]2(C)[C@H]1CC[C@@]2(O)C(=O)COC(=O)CCC(=O)NCc1ccncc1. The summed E-state index contributed by atoms with van der Waals surface area (Å²) in [5, 5.41) is 26.0. The number of aliphatic hydroxyl groups excluding tert-OH is 1. The quantitative estimate of drug-likeness (QED) is 0.419. The van der Waals surface area contributed by atoms with Gasteiger partial charge in [0, 0.05) is 42.1 Å². The normalized spacial score (nSPS) is 36.1. The molecule has 1 amide bonds. The molecule has 40 heavy (non-hydrogen) atoms. The van der Waals surface area contributed by atoms with E-state index in [2.05, 4.69) is 17.2 Å². The Morgan fingerprint density at radius 3 is 2.65 bits per heavy atom. The lowest BCUT2D eigenvalue weighted by Gasteiger charge is -2.59. The van der Waals surface area contributed by atoms with Gasteiger partial charge in [-0.3, -0.25) is 24.2 Å². The van der Waals surface area contributed by atoms with Gasteiger partial charge in [0.15, 0.2) is 12.4 Å². The van der Waals surface area contributed by atoms with Crippen molar-refractivity contribution in [3.8, 4) is 0 Å². The van der Waals surface area contributed by atoms with Crippen molar-refractivity contribution in [2.75, 3.05) is 6.61 Å². The van der Waals surface area contributed by atoms with Crippen LogP contribution >= 0.6 is 0 Å². The van der Waals surface area contributed by atoms with Gasteiger partial charge >= 0.3 is 5.97 Å². The molecule has 5 rings (SSSR count). The molecule has 1 aromatic heterocycles. The van der Waals surface area contributed by atoms with E-state index in [0.29, 0.717) is 13.0 Å². The van der Waals surface area contributed by atoms with Crippen LogP contribution in [0.1, 0.15) is 64.4 Å². The molecular formula is C31H38N2O7. The number of aliphatic hydroxyl groups is 2. The topological polar surface area (TPSA) is 143 Å². The van der Waals surface area contributed by atoms with E-state index < -0.39 is 40.9 Å². The second-order valence-electron chi connectivity index (χ2n) is 12.3. The van der Waals surface area contributed by atoms with Gasteiger partial charge < -0.3 is 20.3 Å². The number of carbonyl (C=O) groups is 4. The summed E-state index contributed by atoms with van der Waals surface area (Å²) in [6.45, 7) is 3.71. The van der Waals surface area contributed by atoms with Crippen molar-refractivity contribution >= 4 is 23.4 Å². The first-order chi connectivity index (χ1) is 19.0. The first-order valence-electron chi connectivity index (χ1n) is 14.2. The van der Waals surface area contributed by atoms with Crippen LogP contribution in [-0.4, -0.2) is 57.0 Å². The zero-order valence-corrected chi connectivity index (χ0v) is 23.1. The summed E-state index contributed by atoms with van der Waals surface area (Å²) in [5.74, 6) is -1.59. The molecule has 4 aliphatic rings. The maximum absolute atomic E-state index is 13.4. The van der Waals surface area contributed by atoms with Crippen LogP contribution in [0.5, 0.6) is 0 Å². The van der Waals surface area contributed by atoms with E-state index in [4.69, 9.17) is 4.74 Å². The van der Waals surface area contributed by atoms with E-state index in [1.54, 1.807) is 36.7 Å². The van der Waals surface area contributed by atoms with E-state index >= 15 is 0 Å². The third kappa shape index (κ3) is 4.83. The smallest absolute Gasteiger partial charge is 0.306 e. The lowest BCUT2D eigenvalue weighted by molar-refractivity contribution is -0.181. The maximum Gasteiger partial charge on any atom is 0.306 e. The number of ketones is 2. The van der Waals surface area contributed by atoms with Crippen molar-refractivity contribution in [1.29, 1.82) is 0 Å². The number of aromatic nitrogens is 1. The number of ether oxygens (including phenoxy) is 1. The average Bonchev–Trinajstić information content (AvgIpc) is 3.20. The van der Waals surface area contributed by atoms with Crippen molar-refractivity contribution in [2.45, 2.75) is 77.0 Å². The second-order valence-corrected chi connectivity index (χ2v) is 12.3. The van der Waals surface area contributed by atoms with Crippen molar-refractivity contribution in [2.24, 2.45) is 28.6 Å². The molecule has 4 aliphatic carbocycles. The number of esters is 1. The van der Waals surface area contributed by atoms with Gasteiger partial charge in [-0.2, -0.15) is 0 Å². The Hall–Kier alpha value is -3.17. The molecule has 0 radical (unpaired) electrons. The highest BCUT2D eigenvalue weighted by molar-refractivity contribution is 6.01. The summed E-state index contributed by atoms with van der Waals surface area (Å²) < 4.78 is 5.20. The molecule has 7 atom stereocenters. The monoisotopic (exact) mass is 550 g/mol. The van der Waals surface area contributed by atoms with Crippen LogP contribution < -0.4 is 5.32 Å². The lowest BCUT2D eigenvalue weighted by Crippen LogP contribution is -2.61. The first kappa shape index (κ1) is 28.4. The number of nitrogens with one attached hydrogen (secondary N) is 1. The number of carbonyl (C=O) groups excluding carboxylic acids is 4. The lowest BCUT2D eigenvalue weighted by atomic mass is 9.46. The van der Waals surface area contributed by atoms with Crippen molar-refractivity contribution in [1.82, 2.24) is 10.3 Å². The predicted octanol–water partition coefficient (Wildman–Crippen LogP) is 2.60. The number of hydrogen-bond acceptors (Lipinski definition) is 8. The van der Waals surface area contributed by atoms with Crippen molar-refractivity contribution in [3.05, 3.63) is 53.9 Å². The Labute approximate surface area is 234 Å². The molecule has 1 heterocycles. The summed E-state index contributed by atoms with van der Waals surface area (Å²) in [4.78, 5) is 53.7. The van der Waals surface area contributed by atoms with Crippen LogP contribution in [0.3, 0.4) is 0 Å². The van der Waals surface area contributed by atoms with E-state index in [1.165, 1.54) is 0 Å². The van der Waals surface area contributed by atoms with Gasteiger partial charge in [0.2, 0.25) is 11.7 Å². The van der Waals surface area contributed by atoms with Gasteiger partial charge in [-0.1, -0.05) is 25.5 Å². The third-order valence-electron chi connectivity index (χ3n) is 10.3. The number of allylic oxidation sites excluding steroid dienone is 4. The van der Waals surface area contributed by atoms with Gasteiger partial charge in [0.25, 0.3) is 0 Å². The number of Topliss-reactive ketones (excluding diaryl/α,β-unsaturated/α-hetero) is 1. The predicted molar refractivity (Wildman–Crippen MR) is 144 cm³/mol. The minimum atomic E-state index is -1.72. The van der Waals surface area contributed by atoms with E-state index in [9.17, 15) is 29.4 Å². The van der Waals surface area contributed by atoms with E-state index in [-0.39, 0.29) is 55.1 Å². The highest BCUT2D eigenvalue weighted by Gasteiger charge is 2.68. The first-order valence-corrected chi connectivity index (χ1v) is 14.2. The fourth-order valence-electron chi connectivity index (χ4n) is 8.13. The van der Waals surface area contributed by atoms with Gasteiger partial charge in [0.05, 0.1) is 12.5 Å². The van der Waals surface area contributed by atoms with Crippen LogP contribution in [0.2, 0.25) is 0 Å². The summed E-state index contributed by atoms with van der Waals surface area (Å²) in [5.41, 5.74) is -1.08. The molecular weight excluding hydrogens is 512 g/mol. The molecule has 0 saturated heterocycles. The molecule has 1 aromatic rings. The Kier molecular flexibility index (Phi) is 7.56. The summed E-state index contributed by atoms with van der Waals surface area (Å²) in [6.07, 6.45) is 10.1. The second kappa shape index (κ2) is 10.7. The highest BCUT2D eigenvalue weighted by Crippen LogP contribution is 2.67. The molecule has 0 unspecified atom stereocenters. The molecule has 3 N–H and O–H groups in total. The Balaban J connectivity index is 1.18. The Bertz CT molecular complexity index is 1260. The minimum Gasteiger partial charge on any atom is -0.458 e. The summed E-state index contributed by atoms with van der Waals surface area (Å²) in [6, 6.07) is 3.56. The number of rotatable bonds is 8. The van der Waals surface area contributed by atoms with Crippen LogP contribution in [0.4, 0.5) is 0 Å². The van der Waals surface area contributed by atoms with Gasteiger partial charge in [-0.15, -0.1) is 0 Å². The zero-order chi connectivity index (χ0) is 28.7. The molecule has 214 valence electrons. The molecule has 0 spiro atoms. The van der Waals surface area contributed by atoms with Gasteiger partial charge in [0.1, 0.15) is 5.60 Å². The average molecular weight is 551 g/mol. The van der Waals surface area contributed by atoms with Crippen LogP contribution in [-0.2, 0) is 30.5 Å². The van der Waals surface area contributed by atoms with Gasteiger partial charge in [-0.05, 0) is 73.8 Å². The third-order valence-corrected chi connectivity index (χ3v) is 10.3. The molecule has 3 fully saturated rings. The largest absolute Gasteiger partial charge is 0.458 e. The number of hydrogen-bond donors (Lipinski definition) is 3. The van der Waals surface area contributed by atoms with E-state index in [0.717, 1.165) is 24.0 Å². The highest BCUT2D eigenvalue weighted by atomic mass is 16.5. The number of nitrogens with zero attached hydrogens (tertiary/aromatic N) is 1. The van der Waals surface area contributed by atoms with Gasteiger partial charge in [-0.25, -0.2) is 0 Å². The Morgan fingerprint density at radius 2 is 1.90 bits per heavy atom. The van der Waals surface area contributed by atoms with Crippen LogP contribution in [0.15, 0.2) is 48.3 Å². The Morgan fingerprint density at radius 1 is 1.15 bits per heavy atom. The number of amides is 1. The summed E-state index contributed by atoms with van der Waals surface area (Å²) in [7, 11) is 0. The molecule has 0 aromatic carbocycles. The molecule has 3 saturated carbocycles. The van der Waals surface area contributed by atoms with Crippen molar-refractivity contribution in [3.63, 3.8) is 0 Å². The summed E-state index contributed by atoms with van der Waals surface area (Å²) >= 11 is 0. The van der Waals surface area contributed by atoms with Crippen molar-refractivity contribution < 1.29 is 34.1 Å².